The van der Waals surface area contributed by atoms with Gasteiger partial charge in [-0.2, -0.15) is 0 Å². The summed E-state index contributed by atoms with van der Waals surface area (Å²) in [5.41, 5.74) is 0. The average Bonchev–Trinajstić information content (AvgIpc) is 2.80. The summed E-state index contributed by atoms with van der Waals surface area (Å²) in [4.78, 5) is 0. The Morgan fingerprint density at radius 2 is 1.73 bits per heavy atom. The van der Waals surface area contributed by atoms with E-state index in [0.29, 0.717) is 0 Å². The second-order valence-corrected chi connectivity index (χ2v) is 6.35. The normalized spacial score (nSPS) is 27.0. The van der Waals surface area contributed by atoms with Crippen molar-refractivity contribution in [3.05, 3.63) is 0 Å². The molecule has 0 heteroatoms. The van der Waals surface area contributed by atoms with Crippen LogP contribution in [0, 0.1) is 23.7 Å². The van der Waals surface area contributed by atoms with Crippen LogP contribution in [0.25, 0.3) is 0 Å². The predicted molar refractivity (Wildman–Crippen MR) is 69.0 cm³/mol. The maximum Gasteiger partial charge on any atom is -0.0386 e. The number of hydrogen-bond donors (Lipinski definition) is 0. The van der Waals surface area contributed by atoms with Gasteiger partial charge in [0.15, 0.2) is 0 Å². The second kappa shape index (κ2) is 6.55. The Hall–Kier alpha value is 0. The molecule has 0 heterocycles. The topological polar surface area (TPSA) is 0 Å². The highest BCUT2D eigenvalue weighted by atomic mass is 14.4. The van der Waals surface area contributed by atoms with E-state index in [-0.39, 0.29) is 0 Å². The third-order valence-corrected chi connectivity index (χ3v) is 3.92. The molecule has 1 rings (SSSR count). The van der Waals surface area contributed by atoms with Crippen molar-refractivity contribution in [3.63, 3.8) is 0 Å². The summed E-state index contributed by atoms with van der Waals surface area (Å²) in [6.45, 7) is 9.49. The van der Waals surface area contributed by atoms with E-state index in [2.05, 4.69) is 27.7 Å². The van der Waals surface area contributed by atoms with Gasteiger partial charge in [-0.1, -0.05) is 59.8 Å². The molecule has 0 radical (unpaired) electrons. The van der Waals surface area contributed by atoms with Gasteiger partial charge in [-0.3, -0.25) is 0 Å². The number of rotatable bonds is 8. The molecule has 0 bridgehead atoms. The lowest BCUT2D eigenvalue weighted by molar-refractivity contribution is 0.396. The van der Waals surface area contributed by atoms with E-state index in [0.717, 1.165) is 23.7 Å². The Labute approximate surface area is 96.8 Å². The summed E-state index contributed by atoms with van der Waals surface area (Å²) >= 11 is 0. The van der Waals surface area contributed by atoms with Crippen molar-refractivity contribution in [2.24, 2.45) is 23.7 Å². The number of hydrogen-bond acceptors (Lipinski definition) is 0. The Bertz CT molecular complexity index is 159. The largest absolute Gasteiger partial charge is 0.0628 e. The first-order chi connectivity index (χ1) is 7.09. The molecule has 15 heavy (non-hydrogen) atoms. The van der Waals surface area contributed by atoms with Crippen molar-refractivity contribution < 1.29 is 0 Å². The van der Waals surface area contributed by atoms with Crippen LogP contribution in [0.1, 0.15) is 72.6 Å². The summed E-state index contributed by atoms with van der Waals surface area (Å²) in [7, 11) is 0. The molecule has 1 saturated carbocycles. The van der Waals surface area contributed by atoms with Gasteiger partial charge in [-0.15, -0.1) is 0 Å². The molecule has 0 spiro atoms. The van der Waals surface area contributed by atoms with Gasteiger partial charge < -0.3 is 0 Å². The zero-order chi connectivity index (χ0) is 11.3. The molecule has 0 N–H and O–H groups in total. The van der Waals surface area contributed by atoms with Crippen molar-refractivity contribution in [2.45, 2.75) is 72.6 Å². The molecule has 1 aliphatic carbocycles. The molecule has 3 unspecified atom stereocenters. The van der Waals surface area contributed by atoms with Crippen LogP contribution in [0.5, 0.6) is 0 Å². The van der Waals surface area contributed by atoms with Crippen LogP contribution < -0.4 is 0 Å². The fraction of sp³-hybridized carbons (Fsp3) is 1.00. The Morgan fingerprint density at radius 3 is 2.27 bits per heavy atom. The van der Waals surface area contributed by atoms with Crippen molar-refractivity contribution in [2.75, 3.05) is 0 Å². The van der Waals surface area contributed by atoms with E-state index in [1.807, 2.05) is 0 Å². The molecular weight excluding hydrogens is 180 g/mol. The van der Waals surface area contributed by atoms with Gasteiger partial charge in [0.05, 0.1) is 0 Å². The second-order valence-electron chi connectivity index (χ2n) is 6.35. The molecule has 0 saturated heterocycles. The van der Waals surface area contributed by atoms with E-state index >= 15 is 0 Å². The maximum atomic E-state index is 2.42. The van der Waals surface area contributed by atoms with Gasteiger partial charge in [0.25, 0.3) is 0 Å². The Kier molecular flexibility index (Phi) is 5.71. The SMILES string of the molecule is CC(C)CC(C)CCCCCC1CC1C. The maximum absolute atomic E-state index is 2.42. The highest BCUT2D eigenvalue weighted by Crippen LogP contribution is 2.41. The van der Waals surface area contributed by atoms with Gasteiger partial charge in [0.1, 0.15) is 0 Å². The monoisotopic (exact) mass is 210 g/mol. The van der Waals surface area contributed by atoms with E-state index in [1.54, 1.807) is 0 Å². The van der Waals surface area contributed by atoms with Crippen molar-refractivity contribution in [3.8, 4) is 0 Å². The third-order valence-electron chi connectivity index (χ3n) is 3.92. The van der Waals surface area contributed by atoms with Crippen molar-refractivity contribution in [1.29, 1.82) is 0 Å². The molecule has 0 aromatic rings. The van der Waals surface area contributed by atoms with Gasteiger partial charge >= 0.3 is 0 Å². The molecule has 0 aromatic heterocycles. The lowest BCUT2D eigenvalue weighted by Crippen LogP contribution is -1.99. The van der Waals surface area contributed by atoms with Gasteiger partial charge in [0.2, 0.25) is 0 Å². The molecule has 1 aliphatic rings. The van der Waals surface area contributed by atoms with E-state index in [1.165, 1.54) is 44.9 Å². The quantitative estimate of drug-likeness (QED) is 0.478. The fourth-order valence-corrected chi connectivity index (χ4v) is 2.80. The highest BCUT2D eigenvalue weighted by molar-refractivity contribution is 4.81. The minimum absolute atomic E-state index is 0.882. The van der Waals surface area contributed by atoms with Gasteiger partial charge in [0, 0.05) is 0 Å². The number of unbranched alkanes of at least 4 members (excludes halogenated alkanes) is 2. The molecule has 1 fully saturated rings. The smallest absolute Gasteiger partial charge is 0.0386 e. The molecule has 90 valence electrons. The lowest BCUT2D eigenvalue weighted by atomic mass is 9.93. The highest BCUT2D eigenvalue weighted by Gasteiger charge is 2.31. The standard InChI is InChI=1S/C15H30/c1-12(2)10-13(3)8-6-5-7-9-15-11-14(15)4/h12-15H,5-11H2,1-4H3. The Morgan fingerprint density at radius 1 is 1.07 bits per heavy atom. The van der Waals surface area contributed by atoms with E-state index < -0.39 is 0 Å². The van der Waals surface area contributed by atoms with Crippen LogP contribution in [0.2, 0.25) is 0 Å². The van der Waals surface area contributed by atoms with E-state index in [4.69, 9.17) is 0 Å². The third kappa shape index (κ3) is 6.22. The molecule has 0 aliphatic heterocycles. The molecular formula is C15H30. The fourth-order valence-electron chi connectivity index (χ4n) is 2.80. The van der Waals surface area contributed by atoms with Gasteiger partial charge in [-0.25, -0.2) is 0 Å². The molecule has 0 amide bonds. The summed E-state index contributed by atoms with van der Waals surface area (Å²) in [5, 5.41) is 0. The lowest BCUT2D eigenvalue weighted by Gasteiger charge is -2.13. The average molecular weight is 210 g/mol. The first-order valence-corrected chi connectivity index (χ1v) is 7.09. The van der Waals surface area contributed by atoms with Crippen LogP contribution in [-0.2, 0) is 0 Å². The zero-order valence-corrected chi connectivity index (χ0v) is 11.3. The van der Waals surface area contributed by atoms with Crippen LogP contribution in [0.4, 0.5) is 0 Å². The minimum atomic E-state index is 0.882. The van der Waals surface area contributed by atoms with Crippen molar-refractivity contribution >= 4 is 0 Å². The summed E-state index contributed by atoms with van der Waals surface area (Å²) in [6.07, 6.45) is 10.3. The molecule has 3 atom stereocenters. The van der Waals surface area contributed by atoms with Crippen LogP contribution in [0.3, 0.4) is 0 Å². The minimum Gasteiger partial charge on any atom is -0.0628 e. The first-order valence-electron chi connectivity index (χ1n) is 7.09. The van der Waals surface area contributed by atoms with Crippen molar-refractivity contribution in [1.82, 2.24) is 0 Å². The summed E-state index contributed by atoms with van der Waals surface area (Å²) < 4.78 is 0. The zero-order valence-electron chi connectivity index (χ0n) is 11.3. The van der Waals surface area contributed by atoms with E-state index in [9.17, 15) is 0 Å². The Balaban J connectivity index is 1.83. The van der Waals surface area contributed by atoms with Gasteiger partial charge in [-0.05, 0) is 36.5 Å². The van der Waals surface area contributed by atoms with Crippen LogP contribution in [-0.4, -0.2) is 0 Å². The molecule has 0 aromatic carbocycles. The van der Waals surface area contributed by atoms with Crippen LogP contribution in [0.15, 0.2) is 0 Å². The summed E-state index contributed by atoms with van der Waals surface area (Å²) in [6, 6.07) is 0. The summed E-state index contributed by atoms with van der Waals surface area (Å²) in [5.74, 6) is 4.00. The molecule has 0 nitrogen and oxygen atoms in total. The predicted octanol–water partition coefficient (Wildman–Crippen LogP) is 5.28. The first kappa shape index (κ1) is 13.1. The van der Waals surface area contributed by atoms with Crippen LogP contribution >= 0.6 is 0 Å².